The van der Waals surface area contributed by atoms with Crippen molar-refractivity contribution in [2.75, 3.05) is 0 Å². The summed E-state index contributed by atoms with van der Waals surface area (Å²) in [6.45, 7) is 6.92. The van der Waals surface area contributed by atoms with Gasteiger partial charge in [0.15, 0.2) is 0 Å². The SMILES string of the molecule is Cc1cc(Oc2cccnc2)c(CNC(C)C)cn1. The molecule has 4 heteroatoms. The zero-order chi connectivity index (χ0) is 13.7. The first-order valence-corrected chi connectivity index (χ1v) is 6.42. The Morgan fingerprint density at radius 3 is 2.84 bits per heavy atom. The summed E-state index contributed by atoms with van der Waals surface area (Å²) in [4.78, 5) is 8.37. The Bertz CT molecular complexity index is 526. The maximum Gasteiger partial charge on any atom is 0.145 e. The van der Waals surface area contributed by atoms with Crippen LogP contribution < -0.4 is 10.1 Å². The number of hydrogen-bond donors (Lipinski definition) is 1. The summed E-state index contributed by atoms with van der Waals surface area (Å²) in [6, 6.07) is 6.12. The molecule has 0 aliphatic carbocycles. The molecule has 0 saturated heterocycles. The van der Waals surface area contributed by atoms with Crippen molar-refractivity contribution in [1.82, 2.24) is 15.3 Å². The van der Waals surface area contributed by atoms with Gasteiger partial charge in [-0.15, -0.1) is 0 Å². The lowest BCUT2D eigenvalue weighted by Crippen LogP contribution is -2.22. The van der Waals surface area contributed by atoms with Gasteiger partial charge in [-0.25, -0.2) is 0 Å². The molecular weight excluding hydrogens is 238 g/mol. The van der Waals surface area contributed by atoms with E-state index in [0.29, 0.717) is 6.04 Å². The van der Waals surface area contributed by atoms with Gasteiger partial charge in [-0.1, -0.05) is 13.8 Å². The minimum Gasteiger partial charge on any atom is -0.455 e. The molecule has 0 aliphatic heterocycles. The van der Waals surface area contributed by atoms with E-state index < -0.39 is 0 Å². The zero-order valence-corrected chi connectivity index (χ0v) is 11.6. The van der Waals surface area contributed by atoms with Crippen LogP contribution in [0.5, 0.6) is 11.5 Å². The number of rotatable bonds is 5. The third-order valence-corrected chi connectivity index (χ3v) is 2.64. The topological polar surface area (TPSA) is 47.0 Å². The second-order valence-electron chi connectivity index (χ2n) is 4.76. The average molecular weight is 257 g/mol. The standard InChI is InChI=1S/C15H19N3O/c1-11(2)17-8-13-9-18-12(3)7-15(13)19-14-5-4-6-16-10-14/h4-7,9-11,17H,8H2,1-3H3. The average Bonchev–Trinajstić information content (AvgIpc) is 2.39. The van der Waals surface area contributed by atoms with Crippen LogP contribution in [0.15, 0.2) is 36.8 Å². The van der Waals surface area contributed by atoms with Crippen molar-refractivity contribution in [2.24, 2.45) is 0 Å². The van der Waals surface area contributed by atoms with E-state index in [1.165, 1.54) is 0 Å². The molecule has 2 rings (SSSR count). The van der Waals surface area contributed by atoms with Gasteiger partial charge in [0, 0.05) is 42.3 Å². The minimum absolute atomic E-state index is 0.424. The Morgan fingerprint density at radius 2 is 2.16 bits per heavy atom. The van der Waals surface area contributed by atoms with E-state index in [1.807, 2.05) is 31.3 Å². The van der Waals surface area contributed by atoms with Crippen LogP contribution >= 0.6 is 0 Å². The van der Waals surface area contributed by atoms with Gasteiger partial charge in [-0.2, -0.15) is 0 Å². The van der Waals surface area contributed by atoms with E-state index in [2.05, 4.69) is 29.1 Å². The predicted molar refractivity (Wildman–Crippen MR) is 75.3 cm³/mol. The number of nitrogens with zero attached hydrogens (tertiary/aromatic N) is 2. The van der Waals surface area contributed by atoms with Crippen LogP contribution in [0.2, 0.25) is 0 Å². The molecule has 4 nitrogen and oxygen atoms in total. The van der Waals surface area contributed by atoms with Gasteiger partial charge in [0.25, 0.3) is 0 Å². The Morgan fingerprint density at radius 1 is 1.32 bits per heavy atom. The lowest BCUT2D eigenvalue weighted by atomic mass is 10.2. The number of aromatic nitrogens is 2. The summed E-state index contributed by atoms with van der Waals surface area (Å²) >= 11 is 0. The molecule has 100 valence electrons. The molecule has 2 heterocycles. The monoisotopic (exact) mass is 257 g/mol. The number of aryl methyl sites for hydroxylation is 1. The van der Waals surface area contributed by atoms with Crippen LogP contribution in [0.1, 0.15) is 25.1 Å². The molecule has 0 amide bonds. The molecule has 0 spiro atoms. The zero-order valence-electron chi connectivity index (χ0n) is 11.6. The Hall–Kier alpha value is -1.94. The van der Waals surface area contributed by atoms with Gasteiger partial charge < -0.3 is 10.1 Å². The molecular formula is C15H19N3O. The fraction of sp³-hybridized carbons (Fsp3) is 0.333. The van der Waals surface area contributed by atoms with Gasteiger partial charge in [0.05, 0.1) is 6.20 Å². The van der Waals surface area contributed by atoms with E-state index in [9.17, 15) is 0 Å². The first kappa shape index (κ1) is 13.5. The Labute approximate surface area is 113 Å². The largest absolute Gasteiger partial charge is 0.455 e. The van der Waals surface area contributed by atoms with Gasteiger partial charge in [-0.05, 0) is 19.1 Å². The molecule has 0 bridgehead atoms. The molecule has 0 radical (unpaired) electrons. The minimum atomic E-state index is 0.424. The van der Waals surface area contributed by atoms with Crippen molar-refractivity contribution in [3.8, 4) is 11.5 Å². The fourth-order valence-corrected chi connectivity index (χ4v) is 1.64. The highest BCUT2D eigenvalue weighted by Crippen LogP contribution is 2.24. The third kappa shape index (κ3) is 4.03. The van der Waals surface area contributed by atoms with Crippen molar-refractivity contribution in [2.45, 2.75) is 33.4 Å². The number of hydrogen-bond acceptors (Lipinski definition) is 4. The Kier molecular flexibility index (Phi) is 4.47. The summed E-state index contributed by atoms with van der Waals surface area (Å²) in [5, 5.41) is 3.37. The highest BCUT2D eigenvalue weighted by atomic mass is 16.5. The van der Waals surface area contributed by atoms with Crippen LogP contribution in [0, 0.1) is 6.92 Å². The van der Waals surface area contributed by atoms with E-state index in [-0.39, 0.29) is 0 Å². The van der Waals surface area contributed by atoms with Crippen molar-refractivity contribution in [3.63, 3.8) is 0 Å². The second kappa shape index (κ2) is 6.29. The number of pyridine rings is 2. The maximum absolute atomic E-state index is 5.88. The molecule has 0 aliphatic rings. The van der Waals surface area contributed by atoms with Crippen LogP contribution in [0.3, 0.4) is 0 Å². The molecule has 0 aromatic carbocycles. The molecule has 0 atom stereocenters. The van der Waals surface area contributed by atoms with Crippen molar-refractivity contribution in [1.29, 1.82) is 0 Å². The van der Waals surface area contributed by atoms with Crippen LogP contribution in [0.4, 0.5) is 0 Å². The summed E-state index contributed by atoms with van der Waals surface area (Å²) in [5.74, 6) is 1.56. The maximum atomic E-state index is 5.88. The Balaban J connectivity index is 2.19. The highest BCUT2D eigenvalue weighted by Gasteiger charge is 2.07. The predicted octanol–water partition coefficient (Wildman–Crippen LogP) is 3.08. The van der Waals surface area contributed by atoms with E-state index in [4.69, 9.17) is 4.74 Å². The quantitative estimate of drug-likeness (QED) is 0.894. The smallest absolute Gasteiger partial charge is 0.145 e. The van der Waals surface area contributed by atoms with Crippen molar-refractivity contribution in [3.05, 3.63) is 48.0 Å². The second-order valence-corrected chi connectivity index (χ2v) is 4.76. The van der Waals surface area contributed by atoms with Crippen molar-refractivity contribution < 1.29 is 4.74 Å². The molecule has 0 fully saturated rings. The summed E-state index contributed by atoms with van der Waals surface area (Å²) in [5.41, 5.74) is 1.98. The van der Waals surface area contributed by atoms with Gasteiger partial charge >= 0.3 is 0 Å². The number of ether oxygens (including phenoxy) is 1. The van der Waals surface area contributed by atoms with E-state index in [0.717, 1.165) is 29.3 Å². The van der Waals surface area contributed by atoms with Gasteiger partial charge in [0.1, 0.15) is 11.5 Å². The first-order chi connectivity index (χ1) is 9.15. The van der Waals surface area contributed by atoms with E-state index in [1.54, 1.807) is 12.4 Å². The van der Waals surface area contributed by atoms with Gasteiger partial charge in [-0.3, -0.25) is 9.97 Å². The molecule has 0 saturated carbocycles. The summed E-state index contributed by atoms with van der Waals surface area (Å²) < 4.78 is 5.88. The molecule has 19 heavy (non-hydrogen) atoms. The lowest BCUT2D eigenvalue weighted by Gasteiger charge is -2.13. The number of nitrogens with one attached hydrogen (secondary N) is 1. The van der Waals surface area contributed by atoms with Crippen LogP contribution in [-0.2, 0) is 6.54 Å². The molecule has 0 unspecified atom stereocenters. The molecule has 1 N–H and O–H groups in total. The van der Waals surface area contributed by atoms with Crippen LogP contribution in [-0.4, -0.2) is 16.0 Å². The first-order valence-electron chi connectivity index (χ1n) is 6.42. The van der Waals surface area contributed by atoms with Crippen molar-refractivity contribution >= 4 is 0 Å². The fourth-order valence-electron chi connectivity index (χ4n) is 1.64. The summed E-state index contributed by atoms with van der Waals surface area (Å²) in [7, 11) is 0. The molecule has 2 aromatic rings. The third-order valence-electron chi connectivity index (χ3n) is 2.64. The lowest BCUT2D eigenvalue weighted by molar-refractivity contribution is 0.465. The van der Waals surface area contributed by atoms with E-state index >= 15 is 0 Å². The van der Waals surface area contributed by atoms with Crippen LogP contribution in [0.25, 0.3) is 0 Å². The summed E-state index contributed by atoms with van der Waals surface area (Å²) in [6.07, 6.45) is 5.29. The van der Waals surface area contributed by atoms with Gasteiger partial charge in [0.2, 0.25) is 0 Å². The normalized spacial score (nSPS) is 10.7. The molecule has 2 aromatic heterocycles. The highest BCUT2D eigenvalue weighted by molar-refractivity contribution is 5.36.